The van der Waals surface area contributed by atoms with Gasteiger partial charge in [0.05, 0.1) is 5.75 Å². The van der Waals surface area contributed by atoms with Gasteiger partial charge in [0, 0.05) is 22.3 Å². The lowest BCUT2D eigenvalue weighted by Gasteiger charge is -2.16. The summed E-state index contributed by atoms with van der Waals surface area (Å²) in [5, 5.41) is 13.4. The van der Waals surface area contributed by atoms with E-state index >= 15 is 0 Å². The Kier molecular flexibility index (Phi) is 7.64. The summed E-state index contributed by atoms with van der Waals surface area (Å²) in [6.45, 7) is 6.51. The molecule has 9 heteroatoms. The first-order chi connectivity index (χ1) is 14.4. The number of nitrogens with one attached hydrogen (secondary N) is 1. The maximum Gasteiger partial charge on any atom is 0.234 e. The second-order valence-corrected chi connectivity index (χ2v) is 8.39. The molecule has 3 rings (SSSR count). The molecular weight excluding hydrogens is 443 g/mol. The van der Waals surface area contributed by atoms with E-state index in [1.54, 1.807) is 24.3 Å². The molecule has 0 saturated heterocycles. The van der Waals surface area contributed by atoms with Crippen molar-refractivity contribution >= 4 is 46.6 Å². The molecule has 1 unspecified atom stereocenters. The zero-order valence-corrected chi connectivity index (χ0v) is 19.2. The minimum Gasteiger partial charge on any atom is -0.483 e. The molecule has 1 atom stereocenters. The fraction of sp³-hybridized carbons (Fsp3) is 0.286. The zero-order valence-electron chi connectivity index (χ0n) is 16.9. The van der Waals surface area contributed by atoms with Crippen molar-refractivity contribution in [2.45, 2.75) is 38.6 Å². The molecule has 158 valence electrons. The van der Waals surface area contributed by atoms with Crippen LogP contribution in [0.5, 0.6) is 5.75 Å². The predicted molar refractivity (Wildman–Crippen MR) is 122 cm³/mol. The van der Waals surface area contributed by atoms with Gasteiger partial charge in [-0.15, -0.1) is 10.2 Å². The molecule has 0 aliphatic rings. The second kappa shape index (κ2) is 10.2. The minimum absolute atomic E-state index is 0.129. The normalized spacial score (nSPS) is 11.9. The Bertz CT molecular complexity index is 1020. The third kappa shape index (κ3) is 5.68. The molecule has 0 aliphatic carbocycles. The minimum atomic E-state index is -0.310. The van der Waals surface area contributed by atoms with Gasteiger partial charge in [-0.1, -0.05) is 35.0 Å². The summed E-state index contributed by atoms with van der Waals surface area (Å²) in [4.78, 5) is 12.3. The third-order valence-electron chi connectivity index (χ3n) is 4.33. The number of hydrogen-bond acceptors (Lipinski definition) is 5. The zero-order chi connectivity index (χ0) is 21.7. The van der Waals surface area contributed by atoms with Crippen molar-refractivity contribution in [3.8, 4) is 5.75 Å². The number of carbonyl (C=O) groups excluding carboxylic acids is 1. The van der Waals surface area contributed by atoms with Crippen LogP contribution in [0.2, 0.25) is 10.0 Å². The number of halogens is 2. The SMILES string of the molecule is CCn1c(SCC(=O)Nc2ccc(Cl)cc2)nnc1C(C)Oc1ccc(Cl)c(C)c1. The van der Waals surface area contributed by atoms with Gasteiger partial charge in [-0.3, -0.25) is 4.79 Å². The molecule has 1 amide bonds. The Hall–Kier alpha value is -2.22. The molecule has 0 radical (unpaired) electrons. The molecule has 0 saturated carbocycles. The van der Waals surface area contributed by atoms with E-state index in [0.717, 1.165) is 5.56 Å². The van der Waals surface area contributed by atoms with Crippen molar-refractivity contribution in [3.63, 3.8) is 0 Å². The topological polar surface area (TPSA) is 69.0 Å². The molecule has 0 fully saturated rings. The largest absolute Gasteiger partial charge is 0.483 e. The number of rotatable bonds is 8. The van der Waals surface area contributed by atoms with Crippen LogP contribution in [0, 0.1) is 6.92 Å². The van der Waals surface area contributed by atoms with Crippen molar-refractivity contribution in [1.29, 1.82) is 0 Å². The monoisotopic (exact) mass is 464 g/mol. The van der Waals surface area contributed by atoms with Crippen LogP contribution in [-0.4, -0.2) is 26.4 Å². The van der Waals surface area contributed by atoms with E-state index in [1.165, 1.54) is 11.8 Å². The van der Waals surface area contributed by atoms with Gasteiger partial charge in [0.25, 0.3) is 0 Å². The van der Waals surface area contributed by atoms with Crippen LogP contribution in [0.1, 0.15) is 31.3 Å². The average molecular weight is 465 g/mol. The quantitative estimate of drug-likeness (QED) is 0.427. The van der Waals surface area contributed by atoms with Crippen LogP contribution in [0.15, 0.2) is 47.6 Å². The van der Waals surface area contributed by atoms with Crippen LogP contribution < -0.4 is 10.1 Å². The van der Waals surface area contributed by atoms with E-state index in [-0.39, 0.29) is 17.8 Å². The van der Waals surface area contributed by atoms with Gasteiger partial charge in [0.15, 0.2) is 17.1 Å². The van der Waals surface area contributed by atoms with Crippen molar-refractivity contribution in [2.75, 3.05) is 11.1 Å². The molecule has 2 aromatic carbocycles. The molecule has 30 heavy (non-hydrogen) atoms. The highest BCUT2D eigenvalue weighted by molar-refractivity contribution is 7.99. The molecule has 1 N–H and O–H groups in total. The first kappa shape index (κ1) is 22.5. The summed E-state index contributed by atoms with van der Waals surface area (Å²) < 4.78 is 7.98. The number of nitrogens with zero attached hydrogens (tertiary/aromatic N) is 3. The number of aryl methyl sites for hydroxylation is 1. The molecule has 1 heterocycles. The van der Waals surface area contributed by atoms with Gasteiger partial charge >= 0.3 is 0 Å². The summed E-state index contributed by atoms with van der Waals surface area (Å²) in [7, 11) is 0. The fourth-order valence-electron chi connectivity index (χ4n) is 2.81. The van der Waals surface area contributed by atoms with Gasteiger partial charge < -0.3 is 14.6 Å². The van der Waals surface area contributed by atoms with Gasteiger partial charge in [0.1, 0.15) is 5.75 Å². The number of benzene rings is 2. The number of hydrogen-bond donors (Lipinski definition) is 1. The van der Waals surface area contributed by atoms with E-state index in [2.05, 4.69) is 15.5 Å². The van der Waals surface area contributed by atoms with E-state index in [9.17, 15) is 4.79 Å². The third-order valence-corrected chi connectivity index (χ3v) is 5.97. The second-order valence-electron chi connectivity index (χ2n) is 6.60. The lowest BCUT2D eigenvalue weighted by Crippen LogP contribution is -2.15. The van der Waals surface area contributed by atoms with E-state index in [1.807, 2.05) is 43.5 Å². The highest BCUT2D eigenvalue weighted by Gasteiger charge is 2.19. The molecule has 0 bridgehead atoms. The number of aromatic nitrogens is 3. The summed E-state index contributed by atoms with van der Waals surface area (Å²) in [6, 6.07) is 12.5. The molecule has 0 spiro atoms. The lowest BCUT2D eigenvalue weighted by molar-refractivity contribution is -0.113. The Labute approximate surface area is 189 Å². The smallest absolute Gasteiger partial charge is 0.234 e. The summed E-state index contributed by atoms with van der Waals surface area (Å²) >= 11 is 13.3. The molecular formula is C21H22Cl2N4O2S. The van der Waals surface area contributed by atoms with Crippen LogP contribution in [0.4, 0.5) is 5.69 Å². The number of thioether (sulfide) groups is 1. The number of carbonyl (C=O) groups is 1. The standard InChI is InChI=1S/C21H22Cl2N4O2S/c1-4-27-20(14(3)29-17-9-10-18(23)13(2)11-17)25-26-21(27)30-12-19(28)24-16-7-5-15(22)6-8-16/h5-11,14H,4,12H2,1-3H3,(H,24,28). The molecule has 3 aromatic rings. The van der Waals surface area contributed by atoms with Crippen LogP contribution in [0.25, 0.3) is 0 Å². The van der Waals surface area contributed by atoms with Gasteiger partial charge in [-0.25, -0.2) is 0 Å². The summed E-state index contributed by atoms with van der Waals surface area (Å²) in [6.07, 6.45) is -0.310. The van der Waals surface area contributed by atoms with Crippen molar-refractivity contribution in [3.05, 3.63) is 63.9 Å². The molecule has 0 aliphatic heterocycles. The van der Waals surface area contributed by atoms with Gasteiger partial charge in [-0.2, -0.15) is 0 Å². The molecule has 6 nitrogen and oxygen atoms in total. The number of anilines is 1. The van der Waals surface area contributed by atoms with E-state index < -0.39 is 0 Å². The predicted octanol–water partition coefficient (Wildman–Crippen LogP) is 5.78. The van der Waals surface area contributed by atoms with Crippen molar-refractivity contribution < 1.29 is 9.53 Å². The first-order valence-electron chi connectivity index (χ1n) is 9.41. The first-order valence-corrected chi connectivity index (χ1v) is 11.2. The molecule has 1 aromatic heterocycles. The lowest BCUT2D eigenvalue weighted by atomic mass is 10.2. The maximum absolute atomic E-state index is 12.3. The number of amides is 1. The van der Waals surface area contributed by atoms with E-state index in [0.29, 0.717) is 39.0 Å². The van der Waals surface area contributed by atoms with Crippen LogP contribution >= 0.6 is 35.0 Å². The summed E-state index contributed by atoms with van der Waals surface area (Å²) in [5.41, 5.74) is 1.64. The Morgan fingerprint density at radius 2 is 1.93 bits per heavy atom. The Balaban J connectivity index is 1.63. The fourth-order valence-corrected chi connectivity index (χ4v) is 3.87. The van der Waals surface area contributed by atoms with Gasteiger partial charge in [-0.05, 0) is 68.8 Å². The highest BCUT2D eigenvalue weighted by Crippen LogP contribution is 2.27. The van der Waals surface area contributed by atoms with Crippen LogP contribution in [-0.2, 0) is 11.3 Å². The average Bonchev–Trinajstić information content (AvgIpc) is 3.14. The van der Waals surface area contributed by atoms with Crippen molar-refractivity contribution in [1.82, 2.24) is 14.8 Å². The van der Waals surface area contributed by atoms with Crippen LogP contribution in [0.3, 0.4) is 0 Å². The van der Waals surface area contributed by atoms with Crippen molar-refractivity contribution in [2.24, 2.45) is 0 Å². The number of ether oxygens (including phenoxy) is 1. The highest BCUT2D eigenvalue weighted by atomic mass is 35.5. The Morgan fingerprint density at radius 3 is 2.60 bits per heavy atom. The summed E-state index contributed by atoms with van der Waals surface area (Å²) in [5.74, 6) is 1.50. The maximum atomic E-state index is 12.3. The van der Waals surface area contributed by atoms with E-state index in [4.69, 9.17) is 27.9 Å². The Morgan fingerprint density at radius 1 is 1.20 bits per heavy atom. The van der Waals surface area contributed by atoms with Gasteiger partial charge in [0.2, 0.25) is 5.91 Å².